The lowest BCUT2D eigenvalue weighted by Crippen LogP contribution is -2.45. The maximum absolute atomic E-state index is 12.7. The number of piperidine rings is 1. The summed E-state index contributed by atoms with van der Waals surface area (Å²) in [7, 11) is -3.54. The van der Waals surface area contributed by atoms with Crippen LogP contribution in [0.15, 0.2) is 46.0 Å². The number of thiophene rings is 1. The Morgan fingerprint density at radius 2 is 2.00 bits per heavy atom. The van der Waals surface area contributed by atoms with Crippen molar-refractivity contribution in [1.29, 1.82) is 0 Å². The smallest absolute Gasteiger partial charge is 0.269 e. The Hall–Kier alpha value is -2.50. The molecule has 1 aliphatic heterocycles. The molecule has 2 N–H and O–H groups in total. The fourth-order valence-corrected chi connectivity index (χ4v) is 5.82. The van der Waals surface area contributed by atoms with Crippen molar-refractivity contribution >= 4 is 38.6 Å². The summed E-state index contributed by atoms with van der Waals surface area (Å²) in [5.41, 5.74) is 0.735. The summed E-state index contributed by atoms with van der Waals surface area (Å²) in [6.45, 7) is 1.42. The zero-order chi connectivity index (χ0) is 20.9. The van der Waals surface area contributed by atoms with Crippen LogP contribution in [0.5, 0.6) is 0 Å². The van der Waals surface area contributed by atoms with Gasteiger partial charge in [-0.25, -0.2) is 8.42 Å². The Labute approximate surface area is 172 Å². The molecular formula is C18H22N4O5S2. The summed E-state index contributed by atoms with van der Waals surface area (Å²) in [6, 6.07) is 9.30. The summed E-state index contributed by atoms with van der Waals surface area (Å²) in [5, 5.41) is 18.3. The van der Waals surface area contributed by atoms with Gasteiger partial charge in [0.25, 0.3) is 15.7 Å². The Kier molecular flexibility index (Phi) is 6.83. The lowest BCUT2D eigenvalue weighted by atomic mass is 9.99. The molecule has 9 nitrogen and oxygen atoms in total. The van der Waals surface area contributed by atoms with Crippen LogP contribution in [-0.4, -0.2) is 49.7 Å². The first-order valence-electron chi connectivity index (χ1n) is 9.17. The molecule has 0 saturated carbocycles. The lowest BCUT2D eigenvalue weighted by molar-refractivity contribution is -0.384. The minimum absolute atomic E-state index is 0.0169. The second-order valence-electron chi connectivity index (χ2n) is 6.66. The van der Waals surface area contributed by atoms with Gasteiger partial charge in [0, 0.05) is 44.0 Å². The summed E-state index contributed by atoms with van der Waals surface area (Å²) < 4.78 is 27.0. The first-order chi connectivity index (χ1) is 13.9. The molecule has 1 aliphatic rings. The van der Waals surface area contributed by atoms with Gasteiger partial charge < -0.3 is 10.6 Å². The molecule has 1 fully saturated rings. The quantitative estimate of drug-likeness (QED) is 0.370. The maximum Gasteiger partial charge on any atom is 0.269 e. The highest BCUT2D eigenvalue weighted by Gasteiger charge is 2.33. The molecule has 2 aromatic rings. The van der Waals surface area contributed by atoms with Crippen molar-refractivity contribution in [2.24, 2.45) is 5.92 Å². The van der Waals surface area contributed by atoms with Crippen molar-refractivity contribution in [2.45, 2.75) is 17.1 Å². The van der Waals surface area contributed by atoms with Gasteiger partial charge in [-0.1, -0.05) is 6.07 Å². The van der Waals surface area contributed by atoms with Crippen LogP contribution in [-0.2, 0) is 14.8 Å². The largest absolute Gasteiger partial charge is 0.383 e. The molecule has 29 heavy (non-hydrogen) atoms. The summed E-state index contributed by atoms with van der Waals surface area (Å²) in [5.74, 6) is -0.542. The van der Waals surface area contributed by atoms with E-state index in [4.69, 9.17) is 0 Å². The second kappa shape index (κ2) is 9.33. The number of anilines is 1. The molecular weight excluding hydrogens is 416 g/mol. The zero-order valence-electron chi connectivity index (χ0n) is 15.6. The molecule has 0 spiro atoms. The van der Waals surface area contributed by atoms with Gasteiger partial charge in [0.15, 0.2) is 0 Å². The lowest BCUT2D eigenvalue weighted by Gasteiger charge is -2.30. The van der Waals surface area contributed by atoms with E-state index in [0.717, 1.165) is 5.69 Å². The van der Waals surface area contributed by atoms with Gasteiger partial charge in [0.1, 0.15) is 4.21 Å². The number of nitro groups is 1. The van der Waals surface area contributed by atoms with Gasteiger partial charge in [0.05, 0.1) is 10.8 Å². The Morgan fingerprint density at radius 1 is 1.24 bits per heavy atom. The van der Waals surface area contributed by atoms with Gasteiger partial charge in [-0.15, -0.1) is 11.3 Å². The first-order valence-corrected chi connectivity index (χ1v) is 11.5. The standard InChI is InChI=1S/C18H22N4O5S2/c23-18(20-10-9-19-15-5-7-16(8-6-15)22(24)25)14-3-1-11-21(13-14)29(26,27)17-4-2-12-28-17/h2,4-8,12,14,19H,1,3,9-11,13H2,(H,20,23). The van der Waals surface area contributed by atoms with Crippen molar-refractivity contribution in [3.05, 3.63) is 51.9 Å². The zero-order valence-corrected chi connectivity index (χ0v) is 17.2. The van der Waals surface area contributed by atoms with E-state index in [1.54, 1.807) is 29.6 Å². The third kappa shape index (κ3) is 5.31. The Morgan fingerprint density at radius 3 is 2.66 bits per heavy atom. The van der Waals surface area contributed by atoms with E-state index in [1.807, 2.05) is 0 Å². The number of carbonyl (C=O) groups excluding carboxylic acids is 1. The molecule has 1 aromatic carbocycles. The molecule has 1 aromatic heterocycles. The minimum Gasteiger partial charge on any atom is -0.383 e. The van der Waals surface area contributed by atoms with E-state index >= 15 is 0 Å². The number of carbonyl (C=O) groups is 1. The maximum atomic E-state index is 12.7. The third-order valence-corrected chi connectivity index (χ3v) is 7.91. The van der Waals surface area contributed by atoms with Crippen molar-refractivity contribution in [1.82, 2.24) is 9.62 Å². The molecule has 11 heteroatoms. The van der Waals surface area contributed by atoms with Crippen molar-refractivity contribution in [3.8, 4) is 0 Å². The van der Waals surface area contributed by atoms with E-state index in [-0.39, 0.29) is 24.1 Å². The number of nitro benzene ring substituents is 1. The molecule has 0 aliphatic carbocycles. The number of benzene rings is 1. The molecule has 1 unspecified atom stereocenters. The van der Waals surface area contributed by atoms with Gasteiger partial charge in [0.2, 0.25) is 5.91 Å². The number of hydrogen-bond donors (Lipinski definition) is 2. The van der Waals surface area contributed by atoms with Gasteiger partial charge in [-0.2, -0.15) is 4.31 Å². The van der Waals surface area contributed by atoms with E-state index < -0.39 is 14.9 Å². The summed E-state index contributed by atoms with van der Waals surface area (Å²) in [4.78, 5) is 22.6. The summed E-state index contributed by atoms with van der Waals surface area (Å²) in [6.07, 6.45) is 1.29. The minimum atomic E-state index is -3.54. The van der Waals surface area contributed by atoms with Crippen LogP contribution in [0.1, 0.15) is 12.8 Å². The predicted octanol–water partition coefficient (Wildman–Crippen LogP) is 2.29. The van der Waals surface area contributed by atoms with E-state index in [1.165, 1.54) is 27.8 Å². The number of amides is 1. The van der Waals surface area contributed by atoms with Crippen LogP contribution >= 0.6 is 11.3 Å². The monoisotopic (exact) mass is 438 g/mol. The van der Waals surface area contributed by atoms with Gasteiger partial charge >= 0.3 is 0 Å². The van der Waals surface area contributed by atoms with Gasteiger partial charge in [-0.3, -0.25) is 14.9 Å². The number of rotatable bonds is 8. The van der Waals surface area contributed by atoms with Crippen LogP contribution in [0.3, 0.4) is 0 Å². The fourth-order valence-electron chi connectivity index (χ4n) is 3.15. The topological polar surface area (TPSA) is 122 Å². The SMILES string of the molecule is O=C(NCCNc1ccc([N+](=O)[O-])cc1)C1CCCN(S(=O)(=O)c2cccs2)C1. The van der Waals surface area contributed by atoms with Gasteiger partial charge in [-0.05, 0) is 36.4 Å². The van der Waals surface area contributed by atoms with Crippen LogP contribution in [0.2, 0.25) is 0 Å². The molecule has 156 valence electrons. The van der Waals surface area contributed by atoms with Crippen LogP contribution in [0.25, 0.3) is 0 Å². The fraction of sp³-hybridized carbons (Fsp3) is 0.389. The number of nitrogens with one attached hydrogen (secondary N) is 2. The van der Waals surface area contributed by atoms with Crippen molar-refractivity contribution < 1.29 is 18.1 Å². The number of nitrogens with zero attached hydrogens (tertiary/aromatic N) is 2. The summed E-state index contributed by atoms with van der Waals surface area (Å²) >= 11 is 1.17. The second-order valence-corrected chi connectivity index (χ2v) is 9.77. The van der Waals surface area contributed by atoms with Crippen LogP contribution in [0.4, 0.5) is 11.4 Å². The Balaban J connectivity index is 1.46. The molecule has 1 atom stereocenters. The Bertz CT molecular complexity index is 945. The highest BCUT2D eigenvalue weighted by molar-refractivity contribution is 7.91. The third-order valence-electron chi connectivity index (χ3n) is 4.68. The van der Waals surface area contributed by atoms with Crippen molar-refractivity contribution in [2.75, 3.05) is 31.5 Å². The van der Waals surface area contributed by atoms with Crippen LogP contribution in [0, 0.1) is 16.0 Å². The van der Waals surface area contributed by atoms with E-state index in [0.29, 0.717) is 36.7 Å². The molecule has 0 radical (unpaired) electrons. The molecule has 0 bridgehead atoms. The average molecular weight is 439 g/mol. The predicted molar refractivity (Wildman–Crippen MR) is 110 cm³/mol. The molecule has 1 saturated heterocycles. The first kappa shape index (κ1) is 21.2. The van der Waals surface area contributed by atoms with E-state index in [9.17, 15) is 23.3 Å². The normalized spacial score (nSPS) is 17.6. The number of sulfonamides is 1. The molecule has 2 heterocycles. The molecule has 3 rings (SSSR count). The average Bonchev–Trinajstić information content (AvgIpc) is 3.27. The highest BCUT2D eigenvalue weighted by atomic mass is 32.2. The van der Waals surface area contributed by atoms with Crippen molar-refractivity contribution in [3.63, 3.8) is 0 Å². The van der Waals surface area contributed by atoms with E-state index in [2.05, 4.69) is 10.6 Å². The number of hydrogen-bond acceptors (Lipinski definition) is 7. The number of non-ortho nitro benzene ring substituents is 1. The highest BCUT2D eigenvalue weighted by Crippen LogP contribution is 2.26. The van der Waals surface area contributed by atoms with Crippen LogP contribution < -0.4 is 10.6 Å². The molecule has 1 amide bonds.